The Kier molecular flexibility index (Phi) is 4.98. The Bertz CT molecular complexity index is 450. The van der Waals surface area contributed by atoms with Gasteiger partial charge in [0.2, 0.25) is 0 Å². The number of aliphatic imine (C=N–C) groups is 1. The first-order valence-corrected chi connectivity index (χ1v) is 7.39. The highest BCUT2D eigenvalue weighted by Gasteiger charge is 2.14. The molecule has 0 N–H and O–H groups in total. The second-order valence-corrected chi connectivity index (χ2v) is 5.72. The van der Waals surface area contributed by atoms with Crippen LogP contribution in [-0.2, 0) is 19.4 Å². The minimum Gasteiger partial charge on any atom is -0.349 e. The van der Waals surface area contributed by atoms with Crippen LogP contribution < -0.4 is 0 Å². The summed E-state index contributed by atoms with van der Waals surface area (Å²) in [5.74, 6) is 3.23. The van der Waals surface area contributed by atoms with Crippen molar-refractivity contribution < 1.29 is 0 Å². The summed E-state index contributed by atoms with van der Waals surface area (Å²) >= 11 is 0. The van der Waals surface area contributed by atoms with E-state index < -0.39 is 0 Å². The van der Waals surface area contributed by atoms with Crippen molar-refractivity contribution in [1.82, 2.24) is 24.6 Å². The maximum atomic E-state index is 4.66. The van der Waals surface area contributed by atoms with E-state index in [1.807, 2.05) is 38.0 Å². The van der Waals surface area contributed by atoms with Gasteiger partial charge in [0.25, 0.3) is 0 Å². The number of nitrogens with zero attached hydrogens (tertiary/aromatic N) is 6. The molecule has 6 nitrogen and oxygen atoms in total. The van der Waals surface area contributed by atoms with Gasteiger partial charge in [-0.3, -0.25) is 4.99 Å². The van der Waals surface area contributed by atoms with E-state index in [0.717, 1.165) is 43.5 Å². The Hall–Kier alpha value is -1.59. The molecule has 1 aliphatic heterocycles. The average Bonchev–Trinajstić information content (AvgIpc) is 2.62. The number of fused-ring (bicyclic) bond motifs is 1. The van der Waals surface area contributed by atoms with Crippen molar-refractivity contribution in [3.63, 3.8) is 0 Å². The first-order chi connectivity index (χ1) is 9.59. The standard InChI is InChI=1S/C14H26N6/c1-18(2)14(19(3)4)15-10-9-13-17-16-12-8-6-5-7-11-20(12)13/h5-11H2,1-4H3. The molecule has 2 heterocycles. The van der Waals surface area contributed by atoms with Crippen LogP contribution in [0.25, 0.3) is 0 Å². The fraction of sp³-hybridized carbons (Fsp3) is 0.786. The highest BCUT2D eigenvalue weighted by atomic mass is 15.3. The van der Waals surface area contributed by atoms with Gasteiger partial charge in [-0.2, -0.15) is 0 Å². The lowest BCUT2D eigenvalue weighted by Crippen LogP contribution is -2.35. The highest BCUT2D eigenvalue weighted by Crippen LogP contribution is 2.14. The number of aryl methyl sites for hydroxylation is 1. The van der Waals surface area contributed by atoms with Crippen LogP contribution in [0.4, 0.5) is 0 Å². The maximum absolute atomic E-state index is 4.66. The van der Waals surface area contributed by atoms with Crippen molar-refractivity contribution in [1.29, 1.82) is 0 Å². The highest BCUT2D eigenvalue weighted by molar-refractivity contribution is 5.79. The second kappa shape index (κ2) is 6.72. The van der Waals surface area contributed by atoms with Gasteiger partial charge in [-0.1, -0.05) is 6.42 Å². The summed E-state index contributed by atoms with van der Waals surface area (Å²) < 4.78 is 2.30. The van der Waals surface area contributed by atoms with E-state index in [4.69, 9.17) is 0 Å². The predicted octanol–water partition coefficient (Wildman–Crippen LogP) is 1.03. The van der Waals surface area contributed by atoms with Crippen molar-refractivity contribution >= 4 is 5.96 Å². The van der Waals surface area contributed by atoms with Crippen LogP contribution >= 0.6 is 0 Å². The van der Waals surface area contributed by atoms with Gasteiger partial charge in [0.1, 0.15) is 11.6 Å². The van der Waals surface area contributed by atoms with E-state index in [2.05, 4.69) is 19.8 Å². The zero-order valence-electron chi connectivity index (χ0n) is 13.1. The van der Waals surface area contributed by atoms with Crippen molar-refractivity contribution in [3.05, 3.63) is 11.6 Å². The molecule has 1 aromatic heterocycles. The Morgan fingerprint density at radius 1 is 1.10 bits per heavy atom. The molecular weight excluding hydrogens is 252 g/mol. The van der Waals surface area contributed by atoms with Crippen LogP contribution in [-0.4, -0.2) is 65.3 Å². The van der Waals surface area contributed by atoms with E-state index in [-0.39, 0.29) is 0 Å². The molecule has 0 atom stereocenters. The van der Waals surface area contributed by atoms with Crippen LogP contribution in [0.1, 0.15) is 30.9 Å². The molecule has 0 saturated carbocycles. The van der Waals surface area contributed by atoms with Gasteiger partial charge in [-0.25, -0.2) is 0 Å². The summed E-state index contributed by atoms with van der Waals surface area (Å²) in [5, 5.41) is 8.67. The molecule has 0 amide bonds. The Morgan fingerprint density at radius 3 is 2.55 bits per heavy atom. The van der Waals surface area contributed by atoms with Crippen LogP contribution in [0.5, 0.6) is 0 Å². The zero-order valence-corrected chi connectivity index (χ0v) is 13.1. The lowest BCUT2D eigenvalue weighted by molar-refractivity contribution is 0.479. The Labute approximate surface area is 121 Å². The summed E-state index contributed by atoms with van der Waals surface area (Å²) in [5.41, 5.74) is 0. The lowest BCUT2D eigenvalue weighted by atomic mass is 10.2. The average molecular weight is 278 g/mol. The number of hydrogen-bond acceptors (Lipinski definition) is 3. The third-order valence-corrected chi connectivity index (χ3v) is 3.57. The fourth-order valence-electron chi connectivity index (χ4n) is 2.67. The minimum atomic E-state index is 0.754. The third kappa shape index (κ3) is 3.49. The van der Waals surface area contributed by atoms with Crippen LogP contribution in [0.3, 0.4) is 0 Å². The molecule has 20 heavy (non-hydrogen) atoms. The van der Waals surface area contributed by atoms with E-state index >= 15 is 0 Å². The number of rotatable bonds is 3. The van der Waals surface area contributed by atoms with Gasteiger partial charge in [-0.05, 0) is 12.8 Å². The molecule has 6 heteroatoms. The first kappa shape index (κ1) is 14.8. The monoisotopic (exact) mass is 278 g/mol. The van der Waals surface area contributed by atoms with Crippen LogP contribution in [0.15, 0.2) is 4.99 Å². The summed E-state index contributed by atoms with van der Waals surface area (Å²) in [7, 11) is 8.06. The molecule has 112 valence electrons. The van der Waals surface area contributed by atoms with Crippen LogP contribution in [0.2, 0.25) is 0 Å². The SMILES string of the molecule is CN(C)C(=NCCc1nnc2n1CCCCC2)N(C)C. The molecule has 1 aliphatic rings. The number of aromatic nitrogens is 3. The fourth-order valence-corrected chi connectivity index (χ4v) is 2.67. The number of hydrogen-bond donors (Lipinski definition) is 0. The molecule has 0 fully saturated rings. The summed E-state index contributed by atoms with van der Waals surface area (Å²) in [6, 6.07) is 0. The van der Waals surface area contributed by atoms with Gasteiger partial charge < -0.3 is 14.4 Å². The van der Waals surface area contributed by atoms with Crippen molar-refractivity contribution in [3.8, 4) is 0 Å². The number of guanidine groups is 1. The van der Waals surface area contributed by atoms with Crippen molar-refractivity contribution in [2.45, 2.75) is 38.6 Å². The summed E-state index contributed by atoms with van der Waals surface area (Å²) in [6.07, 6.45) is 5.70. The molecule has 2 rings (SSSR count). The first-order valence-electron chi connectivity index (χ1n) is 7.39. The molecule has 1 aromatic rings. The van der Waals surface area contributed by atoms with E-state index in [9.17, 15) is 0 Å². The van der Waals surface area contributed by atoms with Crippen LogP contribution in [0, 0.1) is 0 Å². The largest absolute Gasteiger partial charge is 0.349 e. The molecule has 0 aliphatic carbocycles. The molecule has 0 spiro atoms. The molecule has 0 aromatic carbocycles. The Morgan fingerprint density at radius 2 is 1.85 bits per heavy atom. The lowest BCUT2D eigenvalue weighted by Gasteiger charge is -2.22. The van der Waals surface area contributed by atoms with E-state index in [1.165, 1.54) is 19.3 Å². The second-order valence-electron chi connectivity index (χ2n) is 5.72. The Balaban J connectivity index is 2.01. The normalized spacial score (nSPS) is 14.4. The smallest absolute Gasteiger partial charge is 0.195 e. The molecule has 0 unspecified atom stereocenters. The van der Waals surface area contributed by atoms with Crippen molar-refractivity contribution in [2.24, 2.45) is 4.99 Å². The van der Waals surface area contributed by atoms with Gasteiger partial charge in [0, 0.05) is 54.1 Å². The summed E-state index contributed by atoms with van der Waals surface area (Å²) in [4.78, 5) is 8.72. The van der Waals surface area contributed by atoms with E-state index in [1.54, 1.807) is 0 Å². The molecule has 0 bridgehead atoms. The minimum absolute atomic E-state index is 0.754. The third-order valence-electron chi connectivity index (χ3n) is 3.57. The summed E-state index contributed by atoms with van der Waals surface area (Å²) in [6.45, 7) is 1.82. The van der Waals surface area contributed by atoms with E-state index in [0.29, 0.717) is 0 Å². The maximum Gasteiger partial charge on any atom is 0.195 e. The quantitative estimate of drug-likeness (QED) is 0.612. The molecule has 0 radical (unpaired) electrons. The zero-order chi connectivity index (χ0) is 14.5. The molecular formula is C14H26N6. The molecule has 0 saturated heterocycles. The topological polar surface area (TPSA) is 49.6 Å². The predicted molar refractivity (Wildman–Crippen MR) is 81.0 cm³/mol. The van der Waals surface area contributed by atoms with Gasteiger partial charge in [-0.15, -0.1) is 10.2 Å². The van der Waals surface area contributed by atoms with Crippen molar-refractivity contribution in [2.75, 3.05) is 34.7 Å². The van der Waals surface area contributed by atoms with Gasteiger partial charge >= 0.3 is 0 Å². The van der Waals surface area contributed by atoms with Gasteiger partial charge in [0.15, 0.2) is 5.96 Å². The van der Waals surface area contributed by atoms with Gasteiger partial charge in [0.05, 0.1) is 0 Å².